The number of nitrogens with one attached hydrogen (secondary N) is 1. The number of allylic oxidation sites excluding steroid dienone is 2. The van der Waals surface area contributed by atoms with Gasteiger partial charge in [-0.05, 0) is 50.5 Å². The highest BCUT2D eigenvalue weighted by Gasteiger charge is 2.21. The summed E-state index contributed by atoms with van der Waals surface area (Å²) in [4.78, 5) is 0. The standard InChI is InChI=1S/C15H29N.C5H8/c1-4-10-16-12-15-8-6-14(7-9-15)11-13(3)5-2;1-4-5(2)3/h4,13-16H,1,5-12H2,2-3H3;4H,1-2H2,3H3. The first-order valence-electron chi connectivity index (χ1n) is 8.62. The molecule has 0 spiro atoms. The summed E-state index contributed by atoms with van der Waals surface area (Å²) in [7, 11) is 0. The molecule has 0 aliphatic heterocycles. The topological polar surface area (TPSA) is 12.0 Å². The molecule has 1 aliphatic rings. The summed E-state index contributed by atoms with van der Waals surface area (Å²) < 4.78 is 0. The maximum Gasteiger partial charge on any atom is 0.0132 e. The van der Waals surface area contributed by atoms with Gasteiger partial charge in [0, 0.05) is 6.54 Å². The van der Waals surface area contributed by atoms with Gasteiger partial charge in [0.2, 0.25) is 0 Å². The lowest BCUT2D eigenvalue weighted by Crippen LogP contribution is -2.27. The number of rotatable bonds is 8. The first-order valence-corrected chi connectivity index (χ1v) is 8.62. The Labute approximate surface area is 133 Å². The third-order valence-electron chi connectivity index (χ3n) is 4.47. The SMILES string of the molecule is C=CC(=C)C.C=CCNCC1CCC(CC(C)CC)CC1. The van der Waals surface area contributed by atoms with Crippen LogP contribution in [-0.4, -0.2) is 13.1 Å². The van der Waals surface area contributed by atoms with Crippen LogP contribution in [0.4, 0.5) is 0 Å². The minimum atomic E-state index is 0.924. The van der Waals surface area contributed by atoms with E-state index >= 15 is 0 Å². The van der Waals surface area contributed by atoms with Crippen LogP contribution in [0.25, 0.3) is 0 Å². The zero-order valence-corrected chi connectivity index (χ0v) is 14.7. The van der Waals surface area contributed by atoms with Gasteiger partial charge >= 0.3 is 0 Å². The number of hydrogen-bond acceptors (Lipinski definition) is 1. The van der Waals surface area contributed by atoms with Crippen molar-refractivity contribution in [1.82, 2.24) is 5.32 Å². The Morgan fingerprint density at radius 1 is 1.19 bits per heavy atom. The molecule has 0 saturated heterocycles. The molecule has 1 N–H and O–H groups in total. The van der Waals surface area contributed by atoms with Gasteiger partial charge in [0.15, 0.2) is 0 Å². The second-order valence-corrected chi connectivity index (χ2v) is 6.63. The second-order valence-electron chi connectivity index (χ2n) is 6.63. The molecule has 1 atom stereocenters. The van der Waals surface area contributed by atoms with Crippen LogP contribution in [0.1, 0.15) is 59.3 Å². The molecule has 1 nitrogen and oxygen atoms in total. The van der Waals surface area contributed by atoms with Crippen molar-refractivity contribution >= 4 is 0 Å². The lowest BCUT2D eigenvalue weighted by molar-refractivity contribution is 0.235. The molecule has 1 aliphatic carbocycles. The predicted molar refractivity (Wildman–Crippen MR) is 97.6 cm³/mol. The third kappa shape index (κ3) is 11.5. The van der Waals surface area contributed by atoms with Crippen molar-refractivity contribution in [2.45, 2.75) is 59.3 Å². The van der Waals surface area contributed by atoms with E-state index in [9.17, 15) is 0 Å². The van der Waals surface area contributed by atoms with Crippen molar-refractivity contribution in [3.05, 3.63) is 37.5 Å². The van der Waals surface area contributed by atoms with Crippen molar-refractivity contribution in [3.8, 4) is 0 Å². The first kappa shape index (κ1) is 20.2. The molecule has 0 aromatic carbocycles. The van der Waals surface area contributed by atoms with Crippen LogP contribution in [0.5, 0.6) is 0 Å². The summed E-state index contributed by atoms with van der Waals surface area (Å²) in [6.45, 7) is 19.5. The van der Waals surface area contributed by atoms with E-state index in [1.807, 2.05) is 13.0 Å². The Kier molecular flexibility index (Phi) is 12.4. The van der Waals surface area contributed by atoms with Crippen LogP contribution in [-0.2, 0) is 0 Å². The third-order valence-corrected chi connectivity index (χ3v) is 4.47. The maximum absolute atomic E-state index is 3.73. The maximum atomic E-state index is 3.73. The minimum Gasteiger partial charge on any atom is -0.313 e. The van der Waals surface area contributed by atoms with Gasteiger partial charge < -0.3 is 5.32 Å². The van der Waals surface area contributed by atoms with Crippen LogP contribution in [0.15, 0.2) is 37.5 Å². The van der Waals surface area contributed by atoms with E-state index in [4.69, 9.17) is 0 Å². The quantitative estimate of drug-likeness (QED) is 0.341. The average Bonchev–Trinajstić information content (AvgIpc) is 2.49. The zero-order chi connectivity index (χ0) is 16.1. The van der Waals surface area contributed by atoms with Crippen LogP contribution >= 0.6 is 0 Å². The monoisotopic (exact) mass is 291 g/mol. The smallest absolute Gasteiger partial charge is 0.0132 e. The van der Waals surface area contributed by atoms with Crippen LogP contribution in [0.3, 0.4) is 0 Å². The van der Waals surface area contributed by atoms with Gasteiger partial charge in [-0.25, -0.2) is 0 Å². The molecular weight excluding hydrogens is 254 g/mol. The summed E-state index contributed by atoms with van der Waals surface area (Å²) in [5.74, 6) is 2.87. The zero-order valence-electron chi connectivity index (χ0n) is 14.7. The Morgan fingerprint density at radius 3 is 2.14 bits per heavy atom. The Morgan fingerprint density at radius 2 is 1.71 bits per heavy atom. The van der Waals surface area contributed by atoms with Crippen molar-refractivity contribution < 1.29 is 0 Å². The summed E-state index contributed by atoms with van der Waals surface area (Å²) in [6.07, 6.45) is 12.3. The molecule has 1 saturated carbocycles. The molecule has 0 aromatic heterocycles. The lowest BCUT2D eigenvalue weighted by Gasteiger charge is -2.30. The summed E-state index contributed by atoms with van der Waals surface area (Å²) >= 11 is 0. The summed E-state index contributed by atoms with van der Waals surface area (Å²) in [5, 5.41) is 3.45. The molecule has 0 heterocycles. The van der Waals surface area contributed by atoms with E-state index in [0.717, 1.165) is 29.9 Å². The highest BCUT2D eigenvalue weighted by molar-refractivity contribution is 5.05. The van der Waals surface area contributed by atoms with E-state index < -0.39 is 0 Å². The molecule has 21 heavy (non-hydrogen) atoms. The van der Waals surface area contributed by atoms with Gasteiger partial charge in [-0.1, -0.05) is 64.0 Å². The van der Waals surface area contributed by atoms with E-state index in [0.29, 0.717) is 0 Å². The first-order chi connectivity index (χ1) is 10.0. The van der Waals surface area contributed by atoms with Crippen LogP contribution < -0.4 is 5.32 Å². The molecular formula is C20H37N. The Hall–Kier alpha value is -0.820. The molecule has 0 bridgehead atoms. The molecule has 1 rings (SSSR count). The van der Waals surface area contributed by atoms with E-state index in [1.165, 1.54) is 45.1 Å². The van der Waals surface area contributed by atoms with E-state index in [-0.39, 0.29) is 0 Å². The molecule has 0 aromatic rings. The largest absolute Gasteiger partial charge is 0.313 e. The van der Waals surface area contributed by atoms with E-state index in [1.54, 1.807) is 6.08 Å². The Bertz CT molecular complexity index is 284. The highest BCUT2D eigenvalue weighted by atomic mass is 14.8. The van der Waals surface area contributed by atoms with Gasteiger partial charge in [-0.3, -0.25) is 0 Å². The average molecular weight is 292 g/mol. The van der Waals surface area contributed by atoms with E-state index in [2.05, 4.69) is 38.9 Å². The lowest BCUT2D eigenvalue weighted by atomic mass is 9.78. The van der Waals surface area contributed by atoms with Gasteiger partial charge in [0.1, 0.15) is 0 Å². The van der Waals surface area contributed by atoms with Gasteiger partial charge in [0.05, 0.1) is 0 Å². The summed E-state index contributed by atoms with van der Waals surface area (Å²) in [6, 6.07) is 0. The van der Waals surface area contributed by atoms with Gasteiger partial charge in [-0.15, -0.1) is 6.58 Å². The Balaban J connectivity index is 0.000000690. The molecule has 1 unspecified atom stereocenters. The predicted octanol–water partition coefficient (Wildman–Crippen LogP) is 5.75. The molecule has 0 amide bonds. The van der Waals surface area contributed by atoms with Crippen molar-refractivity contribution in [2.75, 3.05) is 13.1 Å². The van der Waals surface area contributed by atoms with Gasteiger partial charge in [-0.2, -0.15) is 0 Å². The van der Waals surface area contributed by atoms with Gasteiger partial charge in [0.25, 0.3) is 0 Å². The molecule has 1 fully saturated rings. The molecule has 1 heteroatoms. The normalized spacial score (nSPS) is 22.6. The van der Waals surface area contributed by atoms with Crippen molar-refractivity contribution in [2.24, 2.45) is 17.8 Å². The highest BCUT2D eigenvalue weighted by Crippen LogP contribution is 2.32. The van der Waals surface area contributed by atoms with Crippen molar-refractivity contribution in [1.29, 1.82) is 0 Å². The number of hydrogen-bond donors (Lipinski definition) is 1. The second kappa shape index (κ2) is 12.9. The van der Waals surface area contributed by atoms with Crippen molar-refractivity contribution in [3.63, 3.8) is 0 Å². The van der Waals surface area contributed by atoms with Crippen LogP contribution in [0.2, 0.25) is 0 Å². The summed E-state index contributed by atoms with van der Waals surface area (Å²) in [5.41, 5.74) is 1.02. The fourth-order valence-electron chi connectivity index (χ4n) is 2.80. The van der Waals surface area contributed by atoms with Crippen LogP contribution in [0, 0.1) is 17.8 Å². The fourth-order valence-corrected chi connectivity index (χ4v) is 2.80. The molecule has 0 radical (unpaired) electrons. The fraction of sp³-hybridized carbons (Fsp3) is 0.700. The minimum absolute atomic E-state index is 0.924. The molecule has 122 valence electrons.